The van der Waals surface area contributed by atoms with Gasteiger partial charge in [-0.3, -0.25) is 14.5 Å². The van der Waals surface area contributed by atoms with Crippen molar-refractivity contribution in [3.8, 4) is 11.5 Å². The number of rotatable bonds is 6. The number of aliphatic hydroxyl groups excluding tert-OH is 1. The molecule has 0 spiro atoms. The van der Waals surface area contributed by atoms with Gasteiger partial charge in [-0.15, -0.1) is 0 Å². The van der Waals surface area contributed by atoms with E-state index in [1.54, 1.807) is 0 Å². The minimum absolute atomic E-state index is 0.109. The van der Waals surface area contributed by atoms with Gasteiger partial charge >= 0.3 is 6.18 Å². The van der Waals surface area contributed by atoms with Crippen molar-refractivity contribution in [3.05, 3.63) is 63.8 Å². The number of aliphatic hydroxyl groups is 1. The van der Waals surface area contributed by atoms with E-state index in [2.05, 4.69) is 21.2 Å². The van der Waals surface area contributed by atoms with Crippen LogP contribution in [0.2, 0.25) is 0 Å². The van der Waals surface area contributed by atoms with E-state index in [1.807, 2.05) is 0 Å². The van der Waals surface area contributed by atoms with Gasteiger partial charge in [0, 0.05) is 17.8 Å². The number of anilines is 1. The molecule has 1 aliphatic heterocycles. The molecule has 0 saturated carbocycles. The third-order valence-corrected chi connectivity index (χ3v) is 4.74. The molecule has 2 aromatic carbocycles. The summed E-state index contributed by atoms with van der Waals surface area (Å²) in [5, 5.41) is 11.6. The molecule has 0 aromatic heterocycles. The van der Waals surface area contributed by atoms with Crippen molar-refractivity contribution in [1.82, 2.24) is 4.90 Å². The fraction of sp³-hybridized carbons (Fsp3) is 0.158. The lowest BCUT2D eigenvalue weighted by Crippen LogP contribution is -2.34. The molecule has 3 rings (SSSR count). The summed E-state index contributed by atoms with van der Waals surface area (Å²) >= 11 is 3.10. The zero-order valence-electron chi connectivity index (χ0n) is 15.3. The van der Waals surface area contributed by atoms with Gasteiger partial charge in [-0.1, -0.05) is 0 Å². The second-order valence-electron chi connectivity index (χ2n) is 6.22. The van der Waals surface area contributed by atoms with E-state index in [0.29, 0.717) is 0 Å². The van der Waals surface area contributed by atoms with Gasteiger partial charge in [-0.05, 0) is 40.2 Å². The number of hydrogen-bond acceptors (Lipinski definition) is 5. The Bertz CT molecular complexity index is 1060. The highest BCUT2D eigenvalue weighted by Gasteiger charge is 2.33. The van der Waals surface area contributed by atoms with E-state index in [1.165, 1.54) is 18.2 Å². The number of hydrogen-bond donors (Lipinski definition) is 2. The minimum atomic E-state index is -4.94. The van der Waals surface area contributed by atoms with E-state index >= 15 is 0 Å². The number of carbonyl (C=O) groups is 2. The molecule has 0 atom stereocenters. The van der Waals surface area contributed by atoms with Gasteiger partial charge < -0.3 is 15.2 Å². The summed E-state index contributed by atoms with van der Waals surface area (Å²) in [7, 11) is 0. The molecule has 164 valence electrons. The minimum Gasteiger partial charge on any atom is -0.450 e. The Labute approximate surface area is 180 Å². The highest BCUT2D eigenvalue weighted by molar-refractivity contribution is 9.10. The molecule has 0 unspecified atom stereocenters. The molecule has 2 N–H and O–H groups in total. The van der Waals surface area contributed by atoms with Gasteiger partial charge in [0.05, 0.1) is 23.2 Å². The van der Waals surface area contributed by atoms with Crippen LogP contribution in [-0.4, -0.2) is 35.0 Å². The summed E-state index contributed by atoms with van der Waals surface area (Å²) < 4.78 is 71.6. The zero-order valence-corrected chi connectivity index (χ0v) is 16.9. The molecule has 12 heteroatoms. The topological polar surface area (TPSA) is 78.9 Å². The second kappa shape index (κ2) is 8.63. The number of carbonyl (C=O) groups excluding carboxylic acids is 2. The van der Waals surface area contributed by atoms with Crippen molar-refractivity contribution in [1.29, 1.82) is 0 Å². The zero-order chi connectivity index (χ0) is 22.9. The molecular weight excluding hydrogens is 495 g/mol. The molecule has 2 amide bonds. The maximum atomic E-state index is 14.1. The van der Waals surface area contributed by atoms with Gasteiger partial charge in [-0.2, -0.15) is 13.2 Å². The largest absolute Gasteiger partial charge is 0.450 e. The van der Waals surface area contributed by atoms with Crippen molar-refractivity contribution in [2.24, 2.45) is 0 Å². The Morgan fingerprint density at radius 1 is 1.10 bits per heavy atom. The fourth-order valence-corrected chi connectivity index (χ4v) is 2.98. The summed E-state index contributed by atoms with van der Waals surface area (Å²) in [5.41, 5.74) is -1.43. The number of nitrogens with one attached hydrogen (secondary N) is 1. The van der Waals surface area contributed by atoms with Crippen LogP contribution in [0.5, 0.6) is 11.5 Å². The smallest absolute Gasteiger partial charge is 0.416 e. The van der Waals surface area contributed by atoms with Gasteiger partial charge in [0.2, 0.25) is 0 Å². The van der Waals surface area contributed by atoms with Crippen LogP contribution >= 0.6 is 15.9 Å². The highest BCUT2D eigenvalue weighted by atomic mass is 79.9. The highest BCUT2D eigenvalue weighted by Crippen LogP contribution is 2.38. The van der Waals surface area contributed by atoms with Gasteiger partial charge in [-0.25, -0.2) is 8.78 Å². The standard InChI is InChI=1S/C19H12BrF5N2O4/c20-11-2-1-10(26-14-8-16(29)27(3-4-28)18(14)30)7-15(11)31-17-12(21)5-9(6-13(17)22)19(23,24)25/h1-2,5-8,26,28H,3-4H2. The monoisotopic (exact) mass is 506 g/mol. The van der Waals surface area contributed by atoms with Crippen molar-refractivity contribution >= 4 is 33.4 Å². The first kappa shape index (κ1) is 22.7. The summed E-state index contributed by atoms with van der Waals surface area (Å²) in [5.74, 6) is -5.67. The number of imide groups is 1. The fourth-order valence-electron chi connectivity index (χ4n) is 2.66. The Kier molecular flexibility index (Phi) is 6.32. The molecule has 0 saturated heterocycles. The molecule has 1 heterocycles. The van der Waals surface area contributed by atoms with Crippen LogP contribution in [0.4, 0.5) is 27.6 Å². The number of amides is 2. The van der Waals surface area contributed by atoms with E-state index < -0.39 is 47.5 Å². The molecule has 1 aliphatic rings. The normalized spacial score (nSPS) is 14.2. The quantitative estimate of drug-likeness (QED) is 0.453. The molecule has 6 nitrogen and oxygen atoms in total. The van der Waals surface area contributed by atoms with E-state index in [0.717, 1.165) is 11.0 Å². The van der Waals surface area contributed by atoms with Crippen LogP contribution in [0.3, 0.4) is 0 Å². The van der Waals surface area contributed by atoms with Crippen molar-refractivity contribution in [3.63, 3.8) is 0 Å². The molecule has 0 radical (unpaired) electrons. The van der Waals surface area contributed by atoms with Crippen LogP contribution in [0.1, 0.15) is 5.56 Å². The van der Waals surface area contributed by atoms with Crippen LogP contribution in [-0.2, 0) is 15.8 Å². The number of ether oxygens (including phenoxy) is 1. The number of nitrogens with zero attached hydrogens (tertiary/aromatic N) is 1. The van der Waals surface area contributed by atoms with Crippen LogP contribution in [0, 0.1) is 11.6 Å². The predicted molar refractivity (Wildman–Crippen MR) is 101 cm³/mol. The molecule has 0 bridgehead atoms. The Balaban J connectivity index is 1.86. The predicted octanol–water partition coefficient (Wildman–Crippen LogP) is 4.20. The summed E-state index contributed by atoms with van der Waals surface area (Å²) in [4.78, 5) is 24.8. The van der Waals surface area contributed by atoms with Crippen molar-refractivity contribution in [2.45, 2.75) is 6.18 Å². The second-order valence-corrected chi connectivity index (χ2v) is 7.07. The molecule has 0 aliphatic carbocycles. The van der Waals surface area contributed by atoms with Gasteiger partial charge in [0.15, 0.2) is 17.4 Å². The summed E-state index contributed by atoms with van der Waals surface area (Å²) in [6, 6.07) is 4.28. The van der Waals surface area contributed by atoms with Crippen LogP contribution < -0.4 is 10.1 Å². The summed E-state index contributed by atoms with van der Waals surface area (Å²) in [6.07, 6.45) is -3.93. The first-order valence-electron chi connectivity index (χ1n) is 8.50. The van der Waals surface area contributed by atoms with Crippen molar-refractivity contribution in [2.75, 3.05) is 18.5 Å². The van der Waals surface area contributed by atoms with E-state index in [9.17, 15) is 31.5 Å². The third kappa shape index (κ3) is 4.85. The number of benzene rings is 2. The maximum Gasteiger partial charge on any atom is 0.416 e. The molecule has 0 fully saturated rings. The lowest BCUT2D eigenvalue weighted by atomic mass is 10.2. The Hall–Kier alpha value is -2.99. The SMILES string of the molecule is O=C1C=C(Nc2ccc(Br)c(Oc3c(F)cc(C(F)(F)F)cc3F)c2)C(=O)N1CCO. The first-order valence-corrected chi connectivity index (χ1v) is 9.29. The number of halogens is 6. The molecule has 31 heavy (non-hydrogen) atoms. The number of alkyl halides is 3. The Morgan fingerprint density at radius 2 is 1.74 bits per heavy atom. The maximum absolute atomic E-state index is 14.1. The van der Waals surface area contributed by atoms with Gasteiger partial charge in [0.25, 0.3) is 11.8 Å². The summed E-state index contributed by atoms with van der Waals surface area (Å²) in [6.45, 7) is -0.611. The van der Waals surface area contributed by atoms with Crippen molar-refractivity contribution < 1.29 is 41.4 Å². The average molecular weight is 507 g/mol. The average Bonchev–Trinajstić information content (AvgIpc) is 2.94. The number of β-amino-alcohol motifs (C(OH)–C–C–N with tert-alkyl or cyclic N) is 1. The van der Waals surface area contributed by atoms with E-state index in [4.69, 9.17) is 9.84 Å². The van der Waals surface area contributed by atoms with Crippen LogP contribution in [0.15, 0.2) is 46.6 Å². The van der Waals surface area contributed by atoms with Crippen LogP contribution in [0.25, 0.3) is 0 Å². The molecular formula is C19H12BrF5N2O4. The van der Waals surface area contributed by atoms with E-state index in [-0.39, 0.29) is 40.3 Å². The van der Waals surface area contributed by atoms with Gasteiger partial charge in [0.1, 0.15) is 11.4 Å². The first-order chi connectivity index (χ1) is 14.5. The third-order valence-electron chi connectivity index (χ3n) is 4.08. The Morgan fingerprint density at radius 3 is 2.32 bits per heavy atom. The molecule has 2 aromatic rings. The lowest BCUT2D eigenvalue weighted by molar-refractivity contribution is -0.138. The lowest BCUT2D eigenvalue weighted by Gasteiger charge is -2.15.